The van der Waals surface area contributed by atoms with E-state index in [1.54, 1.807) is 0 Å². The van der Waals surface area contributed by atoms with Crippen LogP contribution in [0, 0.1) is 0 Å². The summed E-state index contributed by atoms with van der Waals surface area (Å²) in [7, 11) is 1.96. The summed E-state index contributed by atoms with van der Waals surface area (Å²) >= 11 is 0. The standard InChI is InChI=1S/C20H29N3O2/c1-23(18-13-7-9-15-8-5-6-12-17(15)18)14-19(24)22-20(25)21-16-10-3-2-4-11-16/h5-6,8,12,16,18H,2-4,7,9-11,13-14H2,1H3,(H2,21,22,24,25). The van der Waals surface area contributed by atoms with Crippen molar-refractivity contribution in [3.05, 3.63) is 35.4 Å². The molecule has 5 nitrogen and oxygen atoms in total. The number of hydrogen-bond donors (Lipinski definition) is 2. The zero-order valence-electron chi connectivity index (χ0n) is 15.1. The fraction of sp³-hybridized carbons (Fsp3) is 0.600. The monoisotopic (exact) mass is 343 g/mol. The molecule has 1 aromatic rings. The maximum absolute atomic E-state index is 12.2. The third kappa shape index (κ3) is 4.82. The minimum atomic E-state index is -0.352. The highest BCUT2D eigenvalue weighted by Crippen LogP contribution is 2.33. The number of nitrogens with zero attached hydrogens (tertiary/aromatic N) is 1. The van der Waals surface area contributed by atoms with Crippen LogP contribution in [0.3, 0.4) is 0 Å². The van der Waals surface area contributed by atoms with Gasteiger partial charge in [-0.3, -0.25) is 15.0 Å². The van der Waals surface area contributed by atoms with Gasteiger partial charge in [0.25, 0.3) is 0 Å². The fourth-order valence-electron chi connectivity index (χ4n) is 4.16. The lowest BCUT2D eigenvalue weighted by Crippen LogP contribution is -2.48. The second-order valence-electron chi connectivity index (χ2n) is 7.38. The Morgan fingerprint density at radius 2 is 1.84 bits per heavy atom. The minimum Gasteiger partial charge on any atom is -0.335 e. The number of nitrogens with one attached hydrogen (secondary N) is 2. The molecule has 0 aromatic heterocycles. The first-order valence-electron chi connectivity index (χ1n) is 9.52. The van der Waals surface area contributed by atoms with Gasteiger partial charge in [0.1, 0.15) is 0 Å². The van der Waals surface area contributed by atoms with Gasteiger partial charge in [0.05, 0.1) is 6.54 Å². The van der Waals surface area contributed by atoms with E-state index in [2.05, 4.69) is 39.8 Å². The number of benzene rings is 1. The quantitative estimate of drug-likeness (QED) is 0.883. The summed E-state index contributed by atoms with van der Waals surface area (Å²) in [4.78, 5) is 26.3. The van der Waals surface area contributed by atoms with Crippen LogP contribution in [0.15, 0.2) is 24.3 Å². The van der Waals surface area contributed by atoms with Crippen LogP contribution in [-0.2, 0) is 11.2 Å². The number of likely N-dealkylation sites (N-methyl/N-ethyl adjacent to an activating group) is 1. The molecule has 1 atom stereocenters. The van der Waals surface area contributed by atoms with E-state index in [9.17, 15) is 9.59 Å². The van der Waals surface area contributed by atoms with Gasteiger partial charge < -0.3 is 5.32 Å². The first kappa shape index (κ1) is 17.9. The van der Waals surface area contributed by atoms with Crippen molar-refractivity contribution in [1.29, 1.82) is 0 Å². The topological polar surface area (TPSA) is 61.4 Å². The highest BCUT2D eigenvalue weighted by atomic mass is 16.2. The molecule has 136 valence electrons. The number of carbonyl (C=O) groups is 2. The van der Waals surface area contributed by atoms with Crippen molar-refractivity contribution in [3.63, 3.8) is 0 Å². The van der Waals surface area contributed by atoms with Crippen LogP contribution in [0.1, 0.15) is 62.1 Å². The van der Waals surface area contributed by atoms with Crippen LogP contribution >= 0.6 is 0 Å². The molecule has 1 aromatic carbocycles. The number of hydrogen-bond acceptors (Lipinski definition) is 3. The van der Waals surface area contributed by atoms with Gasteiger partial charge in [0, 0.05) is 12.1 Å². The Labute approximate surface area is 150 Å². The van der Waals surface area contributed by atoms with Crippen LogP contribution < -0.4 is 10.6 Å². The Kier molecular flexibility index (Phi) is 6.08. The molecule has 2 aliphatic carbocycles. The largest absolute Gasteiger partial charge is 0.335 e. The molecular formula is C20H29N3O2. The lowest BCUT2D eigenvalue weighted by Gasteiger charge is -2.32. The van der Waals surface area contributed by atoms with Gasteiger partial charge in [-0.15, -0.1) is 0 Å². The second kappa shape index (κ2) is 8.48. The van der Waals surface area contributed by atoms with Gasteiger partial charge in [-0.05, 0) is 50.3 Å². The molecule has 0 aliphatic heterocycles. The maximum atomic E-state index is 12.2. The van der Waals surface area contributed by atoms with Crippen molar-refractivity contribution in [2.24, 2.45) is 0 Å². The van der Waals surface area contributed by atoms with Crippen molar-refractivity contribution in [1.82, 2.24) is 15.5 Å². The lowest BCUT2D eigenvalue weighted by molar-refractivity contribution is -0.121. The van der Waals surface area contributed by atoms with Crippen molar-refractivity contribution in [2.75, 3.05) is 13.6 Å². The third-order valence-electron chi connectivity index (χ3n) is 5.46. The summed E-state index contributed by atoms with van der Waals surface area (Å²) in [6, 6.07) is 8.57. The normalized spacial score (nSPS) is 20.8. The van der Waals surface area contributed by atoms with Gasteiger partial charge in [-0.1, -0.05) is 43.5 Å². The number of carbonyl (C=O) groups excluding carboxylic acids is 2. The molecule has 3 amide bonds. The first-order chi connectivity index (χ1) is 12.1. The van der Waals surface area contributed by atoms with E-state index in [1.807, 2.05) is 7.05 Å². The van der Waals surface area contributed by atoms with E-state index in [1.165, 1.54) is 17.5 Å². The molecule has 0 saturated heterocycles. The molecule has 3 rings (SSSR count). The first-order valence-corrected chi connectivity index (χ1v) is 9.52. The summed E-state index contributed by atoms with van der Waals surface area (Å²) in [5.41, 5.74) is 2.69. The average molecular weight is 343 g/mol. The Morgan fingerprint density at radius 1 is 1.08 bits per heavy atom. The van der Waals surface area contributed by atoms with Crippen molar-refractivity contribution in [3.8, 4) is 0 Å². The van der Waals surface area contributed by atoms with E-state index >= 15 is 0 Å². The van der Waals surface area contributed by atoms with Gasteiger partial charge in [0.2, 0.25) is 5.91 Å². The number of urea groups is 1. The predicted octanol–water partition coefficient (Wildman–Crippen LogP) is 3.15. The molecule has 0 heterocycles. The smallest absolute Gasteiger partial charge is 0.321 e. The number of fused-ring (bicyclic) bond motifs is 1. The fourth-order valence-corrected chi connectivity index (χ4v) is 4.16. The molecule has 25 heavy (non-hydrogen) atoms. The van der Waals surface area contributed by atoms with Crippen LogP contribution in [-0.4, -0.2) is 36.5 Å². The summed E-state index contributed by atoms with van der Waals surface area (Å²) < 4.78 is 0. The van der Waals surface area contributed by atoms with Gasteiger partial charge in [-0.25, -0.2) is 4.79 Å². The van der Waals surface area contributed by atoms with Gasteiger partial charge in [-0.2, -0.15) is 0 Å². The molecular weight excluding hydrogens is 314 g/mol. The Balaban J connectivity index is 1.50. The van der Waals surface area contributed by atoms with E-state index in [-0.39, 0.29) is 30.6 Å². The molecule has 1 fully saturated rings. The SMILES string of the molecule is CN(CC(=O)NC(=O)NC1CCCCC1)C1CCCc2ccccc21. The van der Waals surface area contributed by atoms with Crippen LogP contribution in [0.2, 0.25) is 0 Å². The molecule has 1 unspecified atom stereocenters. The Bertz CT molecular complexity index is 611. The molecule has 2 aliphatic rings. The molecule has 0 bridgehead atoms. The average Bonchev–Trinajstić information content (AvgIpc) is 2.61. The highest BCUT2D eigenvalue weighted by Gasteiger charge is 2.25. The summed E-state index contributed by atoms with van der Waals surface area (Å²) in [6.07, 6.45) is 8.87. The summed E-state index contributed by atoms with van der Waals surface area (Å²) in [5.74, 6) is -0.237. The molecule has 2 N–H and O–H groups in total. The third-order valence-corrected chi connectivity index (χ3v) is 5.46. The van der Waals surface area contributed by atoms with Crippen LogP contribution in [0.4, 0.5) is 4.79 Å². The van der Waals surface area contributed by atoms with Crippen LogP contribution in [0.5, 0.6) is 0 Å². The van der Waals surface area contributed by atoms with E-state index < -0.39 is 0 Å². The summed E-state index contributed by atoms with van der Waals surface area (Å²) in [6.45, 7) is 0.233. The zero-order valence-corrected chi connectivity index (χ0v) is 15.1. The molecule has 0 radical (unpaired) electrons. The Hall–Kier alpha value is -1.88. The second-order valence-corrected chi connectivity index (χ2v) is 7.38. The van der Waals surface area contributed by atoms with Crippen molar-refractivity contribution in [2.45, 2.75) is 63.5 Å². The Morgan fingerprint density at radius 3 is 2.64 bits per heavy atom. The predicted molar refractivity (Wildman–Crippen MR) is 98.3 cm³/mol. The molecule has 1 saturated carbocycles. The molecule has 0 spiro atoms. The lowest BCUT2D eigenvalue weighted by atomic mass is 9.87. The number of rotatable bonds is 4. The zero-order chi connectivity index (χ0) is 17.6. The number of imide groups is 1. The van der Waals surface area contributed by atoms with Crippen molar-refractivity contribution < 1.29 is 9.59 Å². The maximum Gasteiger partial charge on any atom is 0.321 e. The molecule has 5 heteroatoms. The number of amides is 3. The van der Waals surface area contributed by atoms with Gasteiger partial charge in [0.15, 0.2) is 0 Å². The van der Waals surface area contributed by atoms with E-state index in [0.29, 0.717) is 0 Å². The van der Waals surface area contributed by atoms with Gasteiger partial charge >= 0.3 is 6.03 Å². The van der Waals surface area contributed by atoms with E-state index in [4.69, 9.17) is 0 Å². The van der Waals surface area contributed by atoms with E-state index in [0.717, 1.165) is 44.9 Å². The highest BCUT2D eigenvalue weighted by molar-refractivity contribution is 5.95. The van der Waals surface area contributed by atoms with Crippen LogP contribution in [0.25, 0.3) is 0 Å². The summed E-state index contributed by atoms with van der Waals surface area (Å²) in [5, 5.41) is 5.42. The minimum absolute atomic E-state index is 0.213. The van der Waals surface area contributed by atoms with Crippen molar-refractivity contribution >= 4 is 11.9 Å². The number of aryl methyl sites for hydroxylation is 1.